The summed E-state index contributed by atoms with van der Waals surface area (Å²) in [6, 6.07) is 16.6. The van der Waals surface area contributed by atoms with E-state index in [0.717, 1.165) is 5.56 Å². The van der Waals surface area contributed by atoms with E-state index in [-0.39, 0.29) is 22.5 Å². The Hall–Kier alpha value is -3.74. The third-order valence-corrected chi connectivity index (χ3v) is 4.73. The zero-order valence-electron chi connectivity index (χ0n) is 15.3. The van der Waals surface area contributed by atoms with Crippen LogP contribution in [0.25, 0.3) is 16.7 Å². The lowest BCUT2D eigenvalue weighted by Crippen LogP contribution is -2.34. The minimum Gasteiger partial charge on any atom is -0.352 e. The molecule has 2 N–H and O–H groups in total. The van der Waals surface area contributed by atoms with Gasteiger partial charge in [-0.25, -0.2) is 4.98 Å². The predicted molar refractivity (Wildman–Crippen MR) is 106 cm³/mol. The van der Waals surface area contributed by atoms with Crippen molar-refractivity contribution in [1.29, 1.82) is 5.41 Å². The highest BCUT2D eigenvalue weighted by Crippen LogP contribution is 2.09. The highest BCUT2D eigenvalue weighted by molar-refractivity contribution is 5.96. The summed E-state index contributed by atoms with van der Waals surface area (Å²) in [5.74, 6) is -0.379. The van der Waals surface area contributed by atoms with E-state index in [1.807, 2.05) is 30.3 Å². The van der Waals surface area contributed by atoms with Gasteiger partial charge in [-0.05, 0) is 30.2 Å². The summed E-state index contributed by atoms with van der Waals surface area (Å²) in [6.45, 7) is 0.443. The van der Waals surface area contributed by atoms with Gasteiger partial charge in [-0.3, -0.25) is 19.4 Å². The van der Waals surface area contributed by atoms with Crippen molar-refractivity contribution >= 4 is 22.6 Å². The summed E-state index contributed by atoms with van der Waals surface area (Å²) in [4.78, 5) is 30.0. The van der Waals surface area contributed by atoms with Crippen LogP contribution in [0.15, 0.2) is 65.6 Å². The molecule has 0 aliphatic heterocycles. The maximum atomic E-state index is 12.8. The van der Waals surface area contributed by atoms with Crippen LogP contribution in [0.2, 0.25) is 0 Å². The Labute approximate surface area is 160 Å². The molecule has 0 fully saturated rings. The number of hydrogen-bond donors (Lipinski definition) is 2. The Bertz CT molecular complexity index is 1310. The highest BCUT2D eigenvalue weighted by Gasteiger charge is 2.15. The second-order valence-corrected chi connectivity index (χ2v) is 6.54. The van der Waals surface area contributed by atoms with Crippen LogP contribution >= 0.6 is 0 Å². The minimum atomic E-state index is -0.379. The van der Waals surface area contributed by atoms with Gasteiger partial charge in [0.2, 0.25) is 0 Å². The molecule has 0 unspecified atom stereocenters. The molecule has 4 rings (SSSR count). The molecule has 140 valence electrons. The van der Waals surface area contributed by atoms with E-state index in [9.17, 15) is 9.59 Å². The van der Waals surface area contributed by atoms with E-state index in [2.05, 4.69) is 10.3 Å². The molecule has 0 saturated heterocycles. The summed E-state index contributed by atoms with van der Waals surface area (Å²) in [6.07, 6.45) is 2.33. The molecule has 1 amide bonds. The molecular weight excluding hydrogens is 354 g/mol. The van der Waals surface area contributed by atoms with Gasteiger partial charge in [0.05, 0.1) is 10.9 Å². The lowest BCUT2D eigenvalue weighted by Gasteiger charge is -2.11. The van der Waals surface area contributed by atoms with Crippen molar-refractivity contribution in [2.75, 3.05) is 6.54 Å². The Morgan fingerprint density at radius 3 is 2.68 bits per heavy atom. The molecule has 0 bridgehead atoms. The van der Waals surface area contributed by atoms with Gasteiger partial charge in [-0.15, -0.1) is 0 Å². The van der Waals surface area contributed by atoms with Crippen molar-refractivity contribution in [3.63, 3.8) is 0 Å². The Kier molecular flexibility index (Phi) is 4.49. The van der Waals surface area contributed by atoms with Crippen molar-refractivity contribution in [3.05, 3.63) is 87.8 Å². The predicted octanol–water partition coefficient (Wildman–Crippen LogP) is 1.64. The van der Waals surface area contributed by atoms with Gasteiger partial charge in [-0.1, -0.05) is 36.4 Å². The summed E-state index contributed by atoms with van der Waals surface area (Å²) in [5.41, 5.74) is 1.88. The van der Waals surface area contributed by atoms with E-state index in [1.165, 1.54) is 15.0 Å². The molecule has 0 atom stereocenters. The number of fused-ring (bicyclic) bond motifs is 2. The van der Waals surface area contributed by atoms with E-state index in [0.29, 0.717) is 29.6 Å². The SMILES string of the molecule is Cn1c(=N)c(C(=O)NCCc2ccccc2)cc2c(=O)n3ccccc3nc21. The first kappa shape index (κ1) is 17.7. The van der Waals surface area contributed by atoms with E-state index < -0.39 is 0 Å². The number of aromatic nitrogens is 3. The van der Waals surface area contributed by atoms with Gasteiger partial charge >= 0.3 is 0 Å². The average Bonchev–Trinajstić information content (AvgIpc) is 2.72. The van der Waals surface area contributed by atoms with E-state index >= 15 is 0 Å². The topological polar surface area (TPSA) is 92.2 Å². The number of aryl methyl sites for hydroxylation is 1. The smallest absolute Gasteiger partial charge is 0.267 e. The fourth-order valence-electron chi connectivity index (χ4n) is 3.21. The lowest BCUT2D eigenvalue weighted by atomic mass is 10.1. The largest absolute Gasteiger partial charge is 0.352 e. The zero-order valence-corrected chi connectivity index (χ0v) is 15.3. The quantitative estimate of drug-likeness (QED) is 0.533. The molecule has 4 aromatic rings. The number of amides is 1. The maximum absolute atomic E-state index is 12.8. The van der Waals surface area contributed by atoms with Crippen LogP contribution in [-0.2, 0) is 13.5 Å². The number of rotatable bonds is 4. The number of benzene rings is 1. The fraction of sp³-hybridized carbons (Fsp3) is 0.143. The molecule has 3 aromatic heterocycles. The molecule has 7 heteroatoms. The normalized spacial score (nSPS) is 11.0. The number of hydrogen-bond acceptors (Lipinski definition) is 4. The van der Waals surface area contributed by atoms with Gasteiger partial charge in [0, 0.05) is 19.8 Å². The lowest BCUT2D eigenvalue weighted by molar-refractivity contribution is 0.0952. The average molecular weight is 373 g/mol. The minimum absolute atomic E-state index is 0.0110. The van der Waals surface area contributed by atoms with Crippen molar-refractivity contribution in [3.8, 4) is 0 Å². The molecule has 28 heavy (non-hydrogen) atoms. The number of nitrogens with zero attached hydrogens (tertiary/aromatic N) is 3. The first-order chi connectivity index (χ1) is 13.6. The molecule has 7 nitrogen and oxygen atoms in total. The van der Waals surface area contributed by atoms with Crippen LogP contribution in [0.4, 0.5) is 0 Å². The molecule has 1 aromatic carbocycles. The first-order valence-corrected chi connectivity index (χ1v) is 8.94. The van der Waals surface area contributed by atoms with Gasteiger partial charge in [-0.2, -0.15) is 0 Å². The summed E-state index contributed by atoms with van der Waals surface area (Å²) < 4.78 is 2.90. The summed E-state index contributed by atoms with van der Waals surface area (Å²) in [5, 5.41) is 11.5. The van der Waals surface area contributed by atoms with Crippen LogP contribution in [0.5, 0.6) is 0 Å². The van der Waals surface area contributed by atoms with Crippen LogP contribution in [-0.4, -0.2) is 26.4 Å². The first-order valence-electron chi connectivity index (χ1n) is 8.94. The Morgan fingerprint density at radius 2 is 1.89 bits per heavy atom. The maximum Gasteiger partial charge on any atom is 0.267 e. The second kappa shape index (κ2) is 7.11. The van der Waals surface area contributed by atoms with Crippen molar-refractivity contribution in [2.24, 2.45) is 7.05 Å². The van der Waals surface area contributed by atoms with Crippen LogP contribution < -0.4 is 16.4 Å². The summed E-state index contributed by atoms with van der Waals surface area (Å²) in [7, 11) is 1.64. The highest BCUT2D eigenvalue weighted by atomic mass is 16.1. The second-order valence-electron chi connectivity index (χ2n) is 6.54. The Morgan fingerprint density at radius 1 is 1.14 bits per heavy atom. The number of carbonyl (C=O) groups is 1. The molecule has 0 radical (unpaired) electrons. The van der Waals surface area contributed by atoms with Gasteiger partial charge in [0.1, 0.15) is 16.8 Å². The third kappa shape index (κ3) is 3.07. The standard InChI is InChI=1S/C21H19N5O2/c1-25-18(22)15(20(27)23-11-10-14-7-3-2-4-8-14)13-16-19(25)24-17-9-5-6-12-26(17)21(16)28/h2-9,12-13,22H,10-11H2,1H3,(H,23,27). The van der Waals surface area contributed by atoms with Gasteiger partial charge < -0.3 is 9.88 Å². The number of nitrogens with one attached hydrogen (secondary N) is 2. The molecule has 0 spiro atoms. The van der Waals surface area contributed by atoms with E-state index in [4.69, 9.17) is 5.41 Å². The van der Waals surface area contributed by atoms with Crippen LogP contribution in [0.3, 0.4) is 0 Å². The van der Waals surface area contributed by atoms with Crippen LogP contribution in [0.1, 0.15) is 15.9 Å². The molecule has 0 aliphatic carbocycles. The van der Waals surface area contributed by atoms with E-state index in [1.54, 1.807) is 31.4 Å². The van der Waals surface area contributed by atoms with Crippen molar-refractivity contribution in [1.82, 2.24) is 19.3 Å². The van der Waals surface area contributed by atoms with Crippen molar-refractivity contribution < 1.29 is 4.79 Å². The molecule has 0 aliphatic rings. The number of carbonyl (C=O) groups excluding carboxylic acids is 1. The molecule has 3 heterocycles. The summed E-state index contributed by atoms with van der Waals surface area (Å²) >= 11 is 0. The zero-order chi connectivity index (χ0) is 19.7. The van der Waals surface area contributed by atoms with Crippen LogP contribution in [0, 0.1) is 5.41 Å². The van der Waals surface area contributed by atoms with Gasteiger partial charge in [0.25, 0.3) is 11.5 Å². The fourth-order valence-corrected chi connectivity index (χ4v) is 3.21. The molecular formula is C21H19N5O2. The van der Waals surface area contributed by atoms with Gasteiger partial charge in [0.15, 0.2) is 0 Å². The Balaban J connectivity index is 1.71. The van der Waals surface area contributed by atoms with Crippen molar-refractivity contribution in [2.45, 2.75) is 6.42 Å². The molecule has 0 saturated carbocycles. The monoisotopic (exact) mass is 373 g/mol. The third-order valence-electron chi connectivity index (χ3n) is 4.73. The number of pyridine rings is 2.